The molecular weight excluding hydrogens is 309 g/mol. The van der Waals surface area contributed by atoms with Gasteiger partial charge in [-0.15, -0.1) is 0 Å². The molecule has 1 aromatic carbocycles. The van der Waals surface area contributed by atoms with Gasteiger partial charge >= 0.3 is 6.18 Å². The number of nitrogens with one attached hydrogen (secondary N) is 1. The lowest BCUT2D eigenvalue weighted by Gasteiger charge is -2.13. The SMILES string of the molecule is CNc1cc(C(F)(F)F)nc2c(Br)ccc(C)c12. The zero-order valence-corrected chi connectivity index (χ0v) is 11.3. The second kappa shape index (κ2) is 4.42. The van der Waals surface area contributed by atoms with Gasteiger partial charge in [-0.1, -0.05) is 6.07 Å². The van der Waals surface area contributed by atoms with Gasteiger partial charge in [-0.2, -0.15) is 13.2 Å². The maximum absolute atomic E-state index is 12.8. The molecule has 1 heterocycles. The lowest BCUT2D eigenvalue weighted by atomic mass is 10.1. The first kappa shape index (κ1) is 13.1. The van der Waals surface area contributed by atoms with Gasteiger partial charge in [-0.25, -0.2) is 4.98 Å². The summed E-state index contributed by atoms with van der Waals surface area (Å²) in [7, 11) is 1.59. The summed E-state index contributed by atoms with van der Waals surface area (Å²) in [4.78, 5) is 3.70. The lowest BCUT2D eigenvalue weighted by Crippen LogP contribution is -2.09. The van der Waals surface area contributed by atoms with Crippen LogP contribution in [0.1, 0.15) is 11.3 Å². The highest BCUT2D eigenvalue weighted by Gasteiger charge is 2.33. The Morgan fingerprint density at radius 1 is 1.28 bits per heavy atom. The van der Waals surface area contributed by atoms with E-state index >= 15 is 0 Å². The first-order valence-electron chi connectivity index (χ1n) is 5.19. The van der Waals surface area contributed by atoms with Crippen molar-refractivity contribution >= 4 is 32.5 Å². The molecule has 0 bridgehead atoms. The Bertz CT molecular complexity index is 608. The van der Waals surface area contributed by atoms with Gasteiger partial charge in [-0.05, 0) is 40.5 Å². The van der Waals surface area contributed by atoms with E-state index in [0.29, 0.717) is 21.1 Å². The zero-order valence-electron chi connectivity index (χ0n) is 9.69. The van der Waals surface area contributed by atoms with Crippen molar-refractivity contribution in [3.8, 4) is 0 Å². The summed E-state index contributed by atoms with van der Waals surface area (Å²) in [6.45, 7) is 1.84. The molecule has 0 saturated carbocycles. The fourth-order valence-corrected chi connectivity index (χ4v) is 2.24. The number of fused-ring (bicyclic) bond motifs is 1. The second-order valence-electron chi connectivity index (χ2n) is 3.89. The maximum atomic E-state index is 12.8. The van der Waals surface area contributed by atoms with Crippen LogP contribution in [-0.4, -0.2) is 12.0 Å². The molecule has 0 radical (unpaired) electrons. The zero-order chi connectivity index (χ0) is 13.5. The number of halogens is 4. The fraction of sp³-hybridized carbons (Fsp3) is 0.250. The number of aromatic nitrogens is 1. The van der Waals surface area contributed by atoms with Crippen LogP contribution in [0.5, 0.6) is 0 Å². The Morgan fingerprint density at radius 2 is 1.94 bits per heavy atom. The average molecular weight is 319 g/mol. The van der Waals surface area contributed by atoms with Crippen LogP contribution in [-0.2, 0) is 6.18 Å². The highest BCUT2D eigenvalue weighted by molar-refractivity contribution is 9.10. The molecule has 96 valence electrons. The molecule has 2 rings (SSSR count). The molecule has 0 aliphatic heterocycles. The highest BCUT2D eigenvalue weighted by Crippen LogP contribution is 2.36. The Hall–Kier alpha value is -1.30. The molecule has 2 aromatic rings. The monoisotopic (exact) mass is 318 g/mol. The molecule has 1 aromatic heterocycles. The van der Waals surface area contributed by atoms with Gasteiger partial charge in [-0.3, -0.25) is 0 Å². The summed E-state index contributed by atoms with van der Waals surface area (Å²) in [5.41, 5.74) is 0.713. The molecule has 6 heteroatoms. The maximum Gasteiger partial charge on any atom is 0.433 e. The lowest BCUT2D eigenvalue weighted by molar-refractivity contribution is -0.140. The number of anilines is 1. The van der Waals surface area contributed by atoms with E-state index in [1.165, 1.54) is 0 Å². The Morgan fingerprint density at radius 3 is 2.50 bits per heavy atom. The van der Waals surface area contributed by atoms with Crippen molar-refractivity contribution in [1.82, 2.24) is 4.98 Å². The van der Waals surface area contributed by atoms with Gasteiger partial charge < -0.3 is 5.32 Å². The predicted octanol–water partition coefficient (Wildman–Crippen LogP) is 4.37. The van der Waals surface area contributed by atoms with E-state index in [1.807, 2.05) is 13.0 Å². The average Bonchev–Trinajstić information content (AvgIpc) is 2.31. The summed E-state index contributed by atoms with van der Waals surface area (Å²) in [5, 5.41) is 3.48. The number of rotatable bonds is 1. The topological polar surface area (TPSA) is 24.9 Å². The van der Waals surface area contributed by atoms with E-state index in [4.69, 9.17) is 0 Å². The van der Waals surface area contributed by atoms with E-state index in [2.05, 4.69) is 26.2 Å². The first-order chi connectivity index (χ1) is 8.34. The summed E-state index contributed by atoms with van der Waals surface area (Å²) >= 11 is 3.24. The molecule has 0 saturated heterocycles. The van der Waals surface area contributed by atoms with Crippen molar-refractivity contribution in [1.29, 1.82) is 0 Å². The van der Waals surface area contributed by atoms with Crippen molar-refractivity contribution in [2.24, 2.45) is 0 Å². The molecule has 18 heavy (non-hydrogen) atoms. The Labute approximate surface area is 110 Å². The molecule has 0 spiro atoms. The predicted molar refractivity (Wildman–Crippen MR) is 68.7 cm³/mol. The van der Waals surface area contributed by atoms with E-state index in [1.54, 1.807) is 13.1 Å². The summed E-state index contributed by atoms with van der Waals surface area (Å²) in [5.74, 6) is 0. The van der Waals surface area contributed by atoms with Crippen LogP contribution in [0.15, 0.2) is 22.7 Å². The number of nitrogens with zero attached hydrogens (tertiary/aromatic N) is 1. The van der Waals surface area contributed by atoms with Gasteiger partial charge in [0, 0.05) is 22.6 Å². The number of benzene rings is 1. The summed E-state index contributed by atoms with van der Waals surface area (Å²) < 4.78 is 38.8. The van der Waals surface area contributed by atoms with Crippen molar-refractivity contribution in [2.75, 3.05) is 12.4 Å². The van der Waals surface area contributed by atoms with Crippen LogP contribution in [0, 0.1) is 6.92 Å². The number of hydrogen-bond acceptors (Lipinski definition) is 2. The van der Waals surface area contributed by atoms with Gasteiger partial charge in [0.2, 0.25) is 0 Å². The van der Waals surface area contributed by atoms with Crippen LogP contribution in [0.3, 0.4) is 0 Å². The third kappa shape index (κ3) is 2.16. The van der Waals surface area contributed by atoms with E-state index < -0.39 is 11.9 Å². The van der Waals surface area contributed by atoms with Crippen molar-refractivity contribution < 1.29 is 13.2 Å². The van der Waals surface area contributed by atoms with Crippen molar-refractivity contribution in [3.05, 3.63) is 33.9 Å². The van der Waals surface area contributed by atoms with Crippen molar-refractivity contribution in [2.45, 2.75) is 13.1 Å². The highest BCUT2D eigenvalue weighted by atomic mass is 79.9. The first-order valence-corrected chi connectivity index (χ1v) is 5.98. The van der Waals surface area contributed by atoms with Gasteiger partial charge in [0.25, 0.3) is 0 Å². The minimum atomic E-state index is -4.46. The quantitative estimate of drug-likeness (QED) is 0.844. The number of hydrogen-bond donors (Lipinski definition) is 1. The van der Waals surface area contributed by atoms with Crippen molar-refractivity contribution in [3.63, 3.8) is 0 Å². The molecule has 1 N–H and O–H groups in total. The Kier molecular flexibility index (Phi) is 3.23. The number of pyridine rings is 1. The third-order valence-corrected chi connectivity index (χ3v) is 3.32. The van der Waals surface area contributed by atoms with Crippen LogP contribution in [0.4, 0.5) is 18.9 Å². The molecule has 0 aliphatic rings. The van der Waals surface area contributed by atoms with E-state index in [0.717, 1.165) is 11.6 Å². The van der Waals surface area contributed by atoms with Crippen LogP contribution in [0.25, 0.3) is 10.9 Å². The van der Waals surface area contributed by atoms with Crippen LogP contribution in [0.2, 0.25) is 0 Å². The molecule has 0 atom stereocenters. The van der Waals surface area contributed by atoms with E-state index in [-0.39, 0.29) is 0 Å². The Balaban J connectivity index is 2.88. The molecule has 0 amide bonds. The van der Waals surface area contributed by atoms with Gasteiger partial charge in [0.05, 0.1) is 5.52 Å². The fourth-order valence-electron chi connectivity index (χ4n) is 1.82. The van der Waals surface area contributed by atoms with Crippen LogP contribution >= 0.6 is 15.9 Å². The molecule has 0 aliphatic carbocycles. The van der Waals surface area contributed by atoms with E-state index in [9.17, 15) is 13.2 Å². The van der Waals surface area contributed by atoms with Crippen LogP contribution < -0.4 is 5.32 Å². The normalized spacial score (nSPS) is 11.9. The third-order valence-electron chi connectivity index (χ3n) is 2.68. The number of alkyl halides is 3. The standard InChI is InChI=1S/C12H10BrF3N2/c1-6-3-4-7(13)11-10(6)8(17-2)5-9(18-11)12(14,15)16/h3-5H,1-2H3,(H,17,18). The molecular formula is C12H10BrF3N2. The minimum Gasteiger partial charge on any atom is -0.388 e. The molecule has 0 unspecified atom stereocenters. The second-order valence-corrected chi connectivity index (χ2v) is 4.75. The largest absolute Gasteiger partial charge is 0.433 e. The van der Waals surface area contributed by atoms with Gasteiger partial charge in [0.15, 0.2) is 0 Å². The van der Waals surface area contributed by atoms with Gasteiger partial charge in [0.1, 0.15) is 5.69 Å². The number of aryl methyl sites for hydroxylation is 1. The smallest absolute Gasteiger partial charge is 0.388 e. The summed E-state index contributed by atoms with van der Waals surface area (Å²) in [6, 6.07) is 4.56. The molecule has 2 nitrogen and oxygen atoms in total. The minimum absolute atomic E-state index is 0.314. The molecule has 0 fully saturated rings. The summed E-state index contributed by atoms with van der Waals surface area (Å²) in [6.07, 6.45) is -4.46.